The minimum atomic E-state index is -0.564. The zero-order chi connectivity index (χ0) is 14.0. The van der Waals surface area contributed by atoms with Crippen LogP contribution in [-0.2, 0) is 4.74 Å². The molecule has 0 atom stereocenters. The molecule has 2 heterocycles. The standard InChI is InChI=1S/C13H15N3O2S/c1-13(2,3)18-12(17)10-8(7-19-11(10)14)9-6-15-4-5-16-9/h4-7H,14H2,1-3H3. The van der Waals surface area contributed by atoms with Crippen LogP contribution in [0.15, 0.2) is 24.0 Å². The van der Waals surface area contributed by atoms with Gasteiger partial charge in [0.25, 0.3) is 0 Å². The second-order valence-electron chi connectivity index (χ2n) is 4.98. The zero-order valence-corrected chi connectivity index (χ0v) is 11.8. The first-order chi connectivity index (χ1) is 8.88. The number of aromatic nitrogens is 2. The number of esters is 1. The minimum Gasteiger partial charge on any atom is -0.456 e. The molecule has 0 radical (unpaired) electrons. The SMILES string of the molecule is CC(C)(C)OC(=O)c1c(-c2cnccn2)csc1N. The summed E-state index contributed by atoms with van der Waals surface area (Å²) in [4.78, 5) is 20.4. The summed E-state index contributed by atoms with van der Waals surface area (Å²) in [7, 11) is 0. The lowest BCUT2D eigenvalue weighted by Gasteiger charge is -2.19. The van der Waals surface area contributed by atoms with Crippen LogP contribution in [0.2, 0.25) is 0 Å². The molecule has 0 unspecified atom stereocenters. The average Bonchev–Trinajstić information content (AvgIpc) is 2.70. The molecule has 5 nitrogen and oxygen atoms in total. The van der Waals surface area contributed by atoms with Crippen LogP contribution >= 0.6 is 11.3 Å². The van der Waals surface area contributed by atoms with Crippen LogP contribution in [0.3, 0.4) is 0 Å². The predicted octanol–water partition coefficient (Wildman–Crippen LogP) is 2.74. The van der Waals surface area contributed by atoms with Crippen molar-refractivity contribution in [3.8, 4) is 11.3 Å². The Morgan fingerprint density at radius 2 is 2.11 bits per heavy atom. The number of rotatable bonds is 2. The lowest BCUT2D eigenvalue weighted by molar-refractivity contribution is 0.00722. The third-order valence-electron chi connectivity index (χ3n) is 2.26. The number of thiophene rings is 1. The van der Waals surface area contributed by atoms with Gasteiger partial charge in [0.05, 0.1) is 11.9 Å². The van der Waals surface area contributed by atoms with Gasteiger partial charge in [-0.2, -0.15) is 0 Å². The van der Waals surface area contributed by atoms with E-state index in [1.807, 2.05) is 20.8 Å². The van der Waals surface area contributed by atoms with Gasteiger partial charge in [0.1, 0.15) is 16.2 Å². The number of nitrogens with two attached hydrogens (primary N) is 1. The van der Waals surface area contributed by atoms with Crippen molar-refractivity contribution in [2.45, 2.75) is 26.4 Å². The maximum Gasteiger partial charge on any atom is 0.342 e. The third-order valence-corrected chi connectivity index (χ3v) is 3.07. The Kier molecular flexibility index (Phi) is 3.53. The predicted molar refractivity (Wildman–Crippen MR) is 74.9 cm³/mol. The number of carbonyl (C=O) groups excluding carboxylic acids is 1. The highest BCUT2D eigenvalue weighted by Crippen LogP contribution is 2.33. The number of hydrogen-bond donors (Lipinski definition) is 1. The number of ether oxygens (including phenoxy) is 1. The molecular formula is C13H15N3O2S. The number of carbonyl (C=O) groups is 1. The quantitative estimate of drug-likeness (QED) is 0.854. The van der Waals surface area contributed by atoms with Crippen LogP contribution in [0.5, 0.6) is 0 Å². The summed E-state index contributed by atoms with van der Waals surface area (Å²) in [6, 6.07) is 0. The van der Waals surface area contributed by atoms with Crippen LogP contribution in [0, 0.1) is 0 Å². The van der Waals surface area contributed by atoms with Crippen LogP contribution in [0.4, 0.5) is 5.00 Å². The van der Waals surface area contributed by atoms with Gasteiger partial charge in [-0.25, -0.2) is 4.79 Å². The topological polar surface area (TPSA) is 78.1 Å². The van der Waals surface area contributed by atoms with Crippen LogP contribution in [0.25, 0.3) is 11.3 Å². The fourth-order valence-electron chi connectivity index (χ4n) is 1.54. The largest absolute Gasteiger partial charge is 0.456 e. The Bertz CT molecular complexity index is 588. The monoisotopic (exact) mass is 277 g/mol. The molecule has 0 amide bonds. The van der Waals surface area contributed by atoms with E-state index in [0.29, 0.717) is 21.8 Å². The Morgan fingerprint density at radius 1 is 1.37 bits per heavy atom. The Labute approximate surface area is 115 Å². The van der Waals surface area contributed by atoms with Crippen molar-refractivity contribution >= 4 is 22.3 Å². The number of hydrogen-bond acceptors (Lipinski definition) is 6. The van der Waals surface area contributed by atoms with E-state index < -0.39 is 11.6 Å². The van der Waals surface area contributed by atoms with Gasteiger partial charge in [0.2, 0.25) is 0 Å². The second-order valence-corrected chi connectivity index (χ2v) is 5.89. The maximum absolute atomic E-state index is 12.2. The van der Waals surface area contributed by atoms with Crippen LogP contribution in [-0.4, -0.2) is 21.5 Å². The lowest BCUT2D eigenvalue weighted by Crippen LogP contribution is -2.24. The number of anilines is 1. The molecule has 0 aliphatic rings. The van der Waals surface area contributed by atoms with Gasteiger partial charge in [0, 0.05) is 23.3 Å². The Morgan fingerprint density at radius 3 is 2.68 bits per heavy atom. The number of nitrogens with zero attached hydrogens (tertiary/aromatic N) is 2. The summed E-state index contributed by atoms with van der Waals surface area (Å²) >= 11 is 1.29. The molecule has 0 saturated carbocycles. The molecule has 0 aliphatic heterocycles. The van der Waals surface area contributed by atoms with E-state index in [0.717, 1.165) is 0 Å². The second kappa shape index (κ2) is 4.97. The van der Waals surface area contributed by atoms with Crippen molar-refractivity contribution in [2.75, 3.05) is 5.73 Å². The third kappa shape index (κ3) is 3.08. The van der Waals surface area contributed by atoms with Crippen molar-refractivity contribution in [1.82, 2.24) is 9.97 Å². The average molecular weight is 277 g/mol. The molecular weight excluding hydrogens is 262 g/mol. The molecule has 0 aromatic carbocycles. The van der Waals surface area contributed by atoms with E-state index in [4.69, 9.17) is 10.5 Å². The lowest BCUT2D eigenvalue weighted by atomic mass is 10.1. The molecule has 0 fully saturated rings. The molecule has 6 heteroatoms. The maximum atomic E-state index is 12.2. The Hall–Kier alpha value is -1.95. The van der Waals surface area contributed by atoms with Gasteiger partial charge in [-0.1, -0.05) is 0 Å². The van der Waals surface area contributed by atoms with Gasteiger partial charge in [-0.3, -0.25) is 9.97 Å². The summed E-state index contributed by atoms with van der Waals surface area (Å²) in [6.07, 6.45) is 4.74. The van der Waals surface area contributed by atoms with Crippen molar-refractivity contribution in [3.05, 3.63) is 29.5 Å². The summed E-state index contributed by atoms with van der Waals surface area (Å²) in [5.41, 5.74) is 6.93. The highest BCUT2D eigenvalue weighted by atomic mass is 32.1. The van der Waals surface area contributed by atoms with E-state index >= 15 is 0 Å². The molecule has 0 spiro atoms. The zero-order valence-electron chi connectivity index (χ0n) is 11.0. The smallest absolute Gasteiger partial charge is 0.342 e. The van der Waals surface area contributed by atoms with E-state index in [2.05, 4.69) is 9.97 Å². The van der Waals surface area contributed by atoms with Crippen molar-refractivity contribution in [1.29, 1.82) is 0 Å². The first-order valence-electron chi connectivity index (χ1n) is 5.75. The first kappa shape index (κ1) is 13.5. The summed E-state index contributed by atoms with van der Waals surface area (Å²) in [5, 5.41) is 2.22. The molecule has 2 rings (SSSR count). The Balaban J connectivity index is 2.42. The highest BCUT2D eigenvalue weighted by molar-refractivity contribution is 7.14. The van der Waals surface area contributed by atoms with Gasteiger partial charge in [-0.05, 0) is 20.8 Å². The summed E-state index contributed by atoms with van der Waals surface area (Å²) in [6.45, 7) is 5.44. The van der Waals surface area contributed by atoms with Gasteiger partial charge >= 0.3 is 5.97 Å². The van der Waals surface area contributed by atoms with Crippen molar-refractivity contribution in [2.24, 2.45) is 0 Å². The van der Waals surface area contributed by atoms with Crippen molar-refractivity contribution in [3.63, 3.8) is 0 Å². The van der Waals surface area contributed by atoms with E-state index in [-0.39, 0.29) is 0 Å². The fourth-order valence-corrected chi connectivity index (χ4v) is 2.33. The van der Waals surface area contributed by atoms with Gasteiger partial charge < -0.3 is 10.5 Å². The first-order valence-corrected chi connectivity index (χ1v) is 6.63. The molecule has 2 N–H and O–H groups in total. The molecule has 0 saturated heterocycles. The van der Waals surface area contributed by atoms with Gasteiger partial charge in [-0.15, -0.1) is 11.3 Å². The molecule has 0 aliphatic carbocycles. The summed E-state index contributed by atoms with van der Waals surface area (Å²) < 4.78 is 5.36. The molecule has 19 heavy (non-hydrogen) atoms. The highest BCUT2D eigenvalue weighted by Gasteiger charge is 2.25. The van der Waals surface area contributed by atoms with Crippen LogP contribution in [0.1, 0.15) is 31.1 Å². The minimum absolute atomic E-state index is 0.362. The van der Waals surface area contributed by atoms with Gasteiger partial charge in [0.15, 0.2) is 0 Å². The number of nitrogen functional groups attached to an aromatic ring is 1. The van der Waals surface area contributed by atoms with E-state index in [1.54, 1.807) is 24.0 Å². The summed E-state index contributed by atoms with van der Waals surface area (Å²) in [5.74, 6) is -0.438. The van der Waals surface area contributed by atoms with E-state index in [9.17, 15) is 4.79 Å². The normalized spacial score (nSPS) is 11.3. The molecule has 0 bridgehead atoms. The molecule has 2 aromatic rings. The van der Waals surface area contributed by atoms with Crippen LogP contribution < -0.4 is 5.73 Å². The fraction of sp³-hybridized carbons (Fsp3) is 0.308. The molecule has 100 valence electrons. The van der Waals surface area contributed by atoms with Crippen molar-refractivity contribution < 1.29 is 9.53 Å². The molecule has 2 aromatic heterocycles. The van der Waals surface area contributed by atoms with E-state index in [1.165, 1.54) is 11.3 Å².